The van der Waals surface area contributed by atoms with Gasteiger partial charge < -0.3 is 15.3 Å². The molecule has 0 aliphatic carbocycles. The Bertz CT molecular complexity index is 501. The van der Waals surface area contributed by atoms with E-state index >= 15 is 0 Å². The Balaban J connectivity index is 2.24. The fraction of sp³-hybridized carbons (Fsp3) is 0.429. The fourth-order valence-corrected chi connectivity index (χ4v) is 2.44. The first-order chi connectivity index (χ1) is 9.02. The molecule has 2 N–H and O–H groups in total. The van der Waals surface area contributed by atoms with Gasteiger partial charge in [0.05, 0.1) is 6.04 Å². The van der Waals surface area contributed by atoms with Gasteiger partial charge in [0, 0.05) is 18.7 Å². The predicted molar refractivity (Wildman–Crippen MR) is 71.1 cm³/mol. The molecule has 1 aromatic rings. The van der Waals surface area contributed by atoms with Crippen molar-refractivity contribution in [3.63, 3.8) is 0 Å². The molecule has 1 aliphatic heterocycles. The summed E-state index contributed by atoms with van der Waals surface area (Å²) in [7, 11) is 0. The van der Waals surface area contributed by atoms with Crippen molar-refractivity contribution in [3.05, 3.63) is 35.4 Å². The average molecular weight is 262 g/mol. The molecule has 1 aliphatic rings. The van der Waals surface area contributed by atoms with Gasteiger partial charge >= 0.3 is 5.97 Å². The van der Waals surface area contributed by atoms with Gasteiger partial charge in [0.1, 0.15) is 6.04 Å². The second-order valence-electron chi connectivity index (χ2n) is 4.82. The molecule has 0 bridgehead atoms. The fourth-order valence-electron chi connectivity index (χ4n) is 2.44. The van der Waals surface area contributed by atoms with Crippen LogP contribution in [0, 0.1) is 6.92 Å². The Morgan fingerprint density at radius 2 is 2.05 bits per heavy atom. The molecule has 0 aromatic heterocycles. The lowest BCUT2D eigenvalue weighted by Crippen LogP contribution is -2.61. The predicted octanol–water partition coefficient (Wildman–Crippen LogP) is 0.882. The van der Waals surface area contributed by atoms with Gasteiger partial charge in [0.15, 0.2) is 0 Å². The van der Waals surface area contributed by atoms with Gasteiger partial charge in [-0.2, -0.15) is 0 Å². The highest BCUT2D eigenvalue weighted by Crippen LogP contribution is 2.16. The van der Waals surface area contributed by atoms with E-state index < -0.39 is 12.0 Å². The topological polar surface area (TPSA) is 69.6 Å². The number of nitrogens with zero attached hydrogens (tertiary/aromatic N) is 1. The number of carbonyl (C=O) groups is 2. The van der Waals surface area contributed by atoms with Crippen LogP contribution in [0.4, 0.5) is 0 Å². The molecule has 102 valence electrons. The first-order valence-electron chi connectivity index (χ1n) is 6.35. The van der Waals surface area contributed by atoms with Crippen molar-refractivity contribution < 1.29 is 14.7 Å². The molecule has 2 unspecified atom stereocenters. The summed E-state index contributed by atoms with van der Waals surface area (Å²) in [5, 5.41) is 12.1. The first-order valence-corrected chi connectivity index (χ1v) is 6.35. The summed E-state index contributed by atoms with van der Waals surface area (Å²) in [5.74, 6) is -1.02. The largest absolute Gasteiger partial charge is 0.480 e. The molecule has 5 nitrogen and oxygen atoms in total. The van der Waals surface area contributed by atoms with E-state index in [4.69, 9.17) is 5.11 Å². The molecule has 2 atom stereocenters. The van der Waals surface area contributed by atoms with Gasteiger partial charge in [-0.25, -0.2) is 0 Å². The van der Waals surface area contributed by atoms with E-state index in [2.05, 4.69) is 5.32 Å². The highest BCUT2D eigenvalue weighted by Gasteiger charge is 2.35. The highest BCUT2D eigenvalue weighted by atomic mass is 16.4. The molecular weight excluding hydrogens is 244 g/mol. The molecule has 19 heavy (non-hydrogen) atoms. The molecule has 1 heterocycles. The molecule has 1 saturated heterocycles. The van der Waals surface area contributed by atoms with E-state index in [0.717, 1.165) is 5.56 Å². The number of piperazine rings is 1. The number of nitrogens with one attached hydrogen (secondary N) is 1. The van der Waals surface area contributed by atoms with E-state index in [0.29, 0.717) is 18.7 Å². The maximum absolute atomic E-state index is 12.5. The quantitative estimate of drug-likeness (QED) is 0.830. The van der Waals surface area contributed by atoms with Crippen LogP contribution < -0.4 is 5.32 Å². The van der Waals surface area contributed by atoms with Crippen LogP contribution in [0.15, 0.2) is 24.3 Å². The van der Waals surface area contributed by atoms with Crippen molar-refractivity contribution in [3.8, 4) is 0 Å². The van der Waals surface area contributed by atoms with E-state index in [9.17, 15) is 9.59 Å². The minimum Gasteiger partial charge on any atom is -0.480 e. The highest BCUT2D eigenvalue weighted by molar-refractivity contribution is 5.96. The lowest BCUT2D eigenvalue weighted by molar-refractivity contribution is -0.141. The number of carboxylic acids is 1. The van der Waals surface area contributed by atoms with Crippen LogP contribution in [0.1, 0.15) is 22.8 Å². The van der Waals surface area contributed by atoms with Crippen molar-refractivity contribution in [2.24, 2.45) is 0 Å². The van der Waals surface area contributed by atoms with E-state index in [1.165, 1.54) is 0 Å². The summed E-state index contributed by atoms with van der Waals surface area (Å²) in [4.78, 5) is 25.3. The average Bonchev–Trinajstić information content (AvgIpc) is 2.38. The smallest absolute Gasteiger partial charge is 0.322 e. The summed E-state index contributed by atoms with van der Waals surface area (Å²) in [6.45, 7) is 4.67. The molecule has 1 fully saturated rings. The van der Waals surface area contributed by atoms with Crippen LogP contribution in [0.5, 0.6) is 0 Å². The van der Waals surface area contributed by atoms with Crippen LogP contribution in [-0.2, 0) is 4.79 Å². The maximum atomic E-state index is 12.5. The number of amides is 1. The summed E-state index contributed by atoms with van der Waals surface area (Å²) >= 11 is 0. The number of rotatable bonds is 2. The van der Waals surface area contributed by atoms with Crippen molar-refractivity contribution in [1.82, 2.24) is 10.2 Å². The maximum Gasteiger partial charge on any atom is 0.322 e. The Kier molecular flexibility index (Phi) is 3.85. The van der Waals surface area contributed by atoms with Crippen molar-refractivity contribution in [1.29, 1.82) is 0 Å². The number of benzene rings is 1. The SMILES string of the molecule is Cc1ccccc1C(=O)N1CCNC(C(=O)O)C1C. The number of hydrogen-bond donors (Lipinski definition) is 2. The summed E-state index contributed by atoms with van der Waals surface area (Å²) in [6.07, 6.45) is 0. The number of aryl methyl sites for hydroxylation is 1. The Labute approximate surface area is 112 Å². The Morgan fingerprint density at radius 3 is 2.68 bits per heavy atom. The summed E-state index contributed by atoms with van der Waals surface area (Å²) < 4.78 is 0. The first kappa shape index (κ1) is 13.5. The third-order valence-corrected chi connectivity index (χ3v) is 3.59. The summed E-state index contributed by atoms with van der Waals surface area (Å²) in [6, 6.07) is 6.30. The van der Waals surface area contributed by atoms with Crippen molar-refractivity contribution >= 4 is 11.9 Å². The van der Waals surface area contributed by atoms with Gasteiger partial charge in [-0.05, 0) is 25.5 Å². The monoisotopic (exact) mass is 262 g/mol. The summed E-state index contributed by atoms with van der Waals surface area (Å²) in [5.41, 5.74) is 1.55. The van der Waals surface area contributed by atoms with E-state index in [1.54, 1.807) is 17.9 Å². The molecular formula is C14H18N2O3. The van der Waals surface area contributed by atoms with Gasteiger partial charge in [-0.1, -0.05) is 18.2 Å². The lowest BCUT2D eigenvalue weighted by atomic mass is 10.0. The third kappa shape index (κ3) is 2.61. The Morgan fingerprint density at radius 1 is 1.37 bits per heavy atom. The zero-order valence-electron chi connectivity index (χ0n) is 11.1. The lowest BCUT2D eigenvalue weighted by Gasteiger charge is -2.38. The van der Waals surface area contributed by atoms with Crippen LogP contribution >= 0.6 is 0 Å². The molecule has 1 amide bonds. The number of aliphatic carboxylic acids is 1. The normalized spacial score (nSPS) is 23.2. The Hall–Kier alpha value is -1.88. The van der Waals surface area contributed by atoms with Gasteiger partial charge in [0.25, 0.3) is 5.91 Å². The van der Waals surface area contributed by atoms with Gasteiger partial charge in [0.2, 0.25) is 0 Å². The van der Waals surface area contributed by atoms with Crippen molar-refractivity contribution in [2.75, 3.05) is 13.1 Å². The number of carbonyl (C=O) groups excluding carboxylic acids is 1. The van der Waals surface area contributed by atoms with Crippen LogP contribution in [-0.4, -0.2) is 47.1 Å². The minimum atomic E-state index is -0.921. The molecule has 0 spiro atoms. The molecule has 2 rings (SSSR count). The van der Waals surface area contributed by atoms with E-state index in [-0.39, 0.29) is 11.9 Å². The van der Waals surface area contributed by atoms with E-state index in [1.807, 2.05) is 25.1 Å². The minimum absolute atomic E-state index is 0.0987. The zero-order valence-corrected chi connectivity index (χ0v) is 11.1. The zero-order chi connectivity index (χ0) is 14.0. The molecule has 0 saturated carbocycles. The van der Waals surface area contributed by atoms with Gasteiger partial charge in [-0.3, -0.25) is 9.59 Å². The van der Waals surface area contributed by atoms with Crippen LogP contribution in [0.25, 0.3) is 0 Å². The molecule has 0 radical (unpaired) electrons. The van der Waals surface area contributed by atoms with Crippen molar-refractivity contribution in [2.45, 2.75) is 25.9 Å². The van der Waals surface area contributed by atoms with Gasteiger partial charge in [-0.15, -0.1) is 0 Å². The molecule has 5 heteroatoms. The second kappa shape index (κ2) is 5.40. The molecule has 1 aromatic carbocycles. The van der Waals surface area contributed by atoms with Crippen LogP contribution in [0.3, 0.4) is 0 Å². The second-order valence-corrected chi connectivity index (χ2v) is 4.82. The standard InChI is InChI=1S/C14H18N2O3/c1-9-5-3-4-6-11(9)13(17)16-8-7-15-12(10(16)2)14(18)19/h3-6,10,12,15H,7-8H2,1-2H3,(H,18,19). The number of carboxylic acid groups (broad SMARTS) is 1. The van der Waals surface area contributed by atoms with Crippen LogP contribution in [0.2, 0.25) is 0 Å². The number of hydrogen-bond acceptors (Lipinski definition) is 3. The third-order valence-electron chi connectivity index (χ3n) is 3.59.